The Bertz CT molecular complexity index is 513. The molecular weight excluding hydrogens is 364 g/mol. The highest BCUT2D eigenvalue weighted by Crippen LogP contribution is 2.21. The van der Waals surface area contributed by atoms with Crippen LogP contribution in [0.1, 0.15) is 23.2 Å². The lowest BCUT2D eigenvalue weighted by atomic mass is 9.96. The summed E-state index contributed by atoms with van der Waals surface area (Å²) in [5.41, 5.74) is 0.468. The van der Waals surface area contributed by atoms with Crippen LogP contribution in [0.3, 0.4) is 0 Å². The predicted molar refractivity (Wildman–Crippen MR) is 75.4 cm³/mol. The van der Waals surface area contributed by atoms with E-state index in [4.69, 9.17) is 5.11 Å². The Hall–Kier alpha value is -1.18. The summed E-state index contributed by atoms with van der Waals surface area (Å²) < 4.78 is 13.6. The van der Waals surface area contributed by atoms with Crippen molar-refractivity contribution < 1.29 is 19.1 Å². The number of piperidine rings is 1. The first-order valence-corrected chi connectivity index (χ1v) is 7.04. The maximum Gasteiger partial charge on any atom is 0.306 e. The fourth-order valence-corrected chi connectivity index (χ4v) is 2.87. The molecule has 1 aliphatic heterocycles. The standard InChI is InChI=1S/C13H13FINO3/c14-9-1-2-10(11(15)7-9)12(17)16-5-3-8(4-6-16)13(18)19/h1-2,7-8H,3-6H2,(H,18,19). The van der Waals surface area contributed by atoms with Gasteiger partial charge in [-0.15, -0.1) is 0 Å². The second-order valence-electron chi connectivity index (χ2n) is 4.53. The monoisotopic (exact) mass is 377 g/mol. The number of aliphatic carboxylic acids is 1. The molecule has 19 heavy (non-hydrogen) atoms. The molecule has 4 nitrogen and oxygen atoms in total. The van der Waals surface area contributed by atoms with Crippen molar-refractivity contribution in [3.8, 4) is 0 Å². The van der Waals surface area contributed by atoms with Crippen LogP contribution >= 0.6 is 22.6 Å². The largest absolute Gasteiger partial charge is 0.481 e. The summed E-state index contributed by atoms with van der Waals surface area (Å²) in [6.07, 6.45) is 0.942. The van der Waals surface area contributed by atoms with Gasteiger partial charge in [-0.25, -0.2) is 4.39 Å². The molecule has 1 fully saturated rings. The minimum atomic E-state index is -0.802. The second kappa shape index (κ2) is 5.85. The fourth-order valence-electron chi connectivity index (χ4n) is 2.16. The van der Waals surface area contributed by atoms with Crippen molar-refractivity contribution in [2.75, 3.05) is 13.1 Å². The van der Waals surface area contributed by atoms with Crippen molar-refractivity contribution in [2.24, 2.45) is 5.92 Å². The number of carbonyl (C=O) groups excluding carboxylic acids is 1. The number of hydrogen-bond donors (Lipinski definition) is 1. The Morgan fingerprint density at radius 1 is 1.32 bits per heavy atom. The van der Waals surface area contributed by atoms with E-state index in [1.807, 2.05) is 22.6 Å². The van der Waals surface area contributed by atoms with Crippen LogP contribution in [-0.2, 0) is 4.79 Å². The van der Waals surface area contributed by atoms with Gasteiger partial charge in [-0.05, 0) is 53.6 Å². The first-order valence-electron chi connectivity index (χ1n) is 5.96. The third kappa shape index (κ3) is 3.23. The minimum absolute atomic E-state index is 0.159. The van der Waals surface area contributed by atoms with Crippen molar-refractivity contribution >= 4 is 34.5 Å². The van der Waals surface area contributed by atoms with Gasteiger partial charge in [-0.3, -0.25) is 9.59 Å². The topological polar surface area (TPSA) is 57.6 Å². The maximum atomic E-state index is 13.0. The number of hydrogen-bond acceptors (Lipinski definition) is 2. The Morgan fingerprint density at radius 3 is 2.47 bits per heavy atom. The van der Waals surface area contributed by atoms with Crippen LogP contribution in [0.15, 0.2) is 18.2 Å². The molecule has 0 radical (unpaired) electrons. The first-order chi connectivity index (χ1) is 8.99. The molecule has 1 heterocycles. The zero-order valence-corrected chi connectivity index (χ0v) is 12.3. The molecule has 0 bridgehead atoms. The van der Waals surface area contributed by atoms with Crippen LogP contribution in [0, 0.1) is 15.3 Å². The van der Waals surface area contributed by atoms with Gasteiger partial charge in [0.2, 0.25) is 0 Å². The van der Waals surface area contributed by atoms with Gasteiger partial charge < -0.3 is 10.0 Å². The molecule has 1 amide bonds. The smallest absolute Gasteiger partial charge is 0.306 e. The van der Waals surface area contributed by atoms with Crippen LogP contribution in [-0.4, -0.2) is 35.0 Å². The summed E-state index contributed by atoms with van der Waals surface area (Å²) in [7, 11) is 0. The number of benzene rings is 1. The highest BCUT2D eigenvalue weighted by atomic mass is 127. The number of carbonyl (C=O) groups is 2. The molecule has 1 aromatic rings. The van der Waals surface area contributed by atoms with E-state index in [0.717, 1.165) is 0 Å². The molecule has 6 heteroatoms. The van der Waals surface area contributed by atoms with Crippen LogP contribution < -0.4 is 0 Å². The van der Waals surface area contributed by atoms with Gasteiger partial charge in [0.15, 0.2) is 0 Å². The zero-order valence-electron chi connectivity index (χ0n) is 10.1. The number of carboxylic acids is 1. The molecule has 102 valence electrons. The van der Waals surface area contributed by atoms with Crippen molar-refractivity contribution in [2.45, 2.75) is 12.8 Å². The Kier molecular flexibility index (Phi) is 4.38. The lowest BCUT2D eigenvalue weighted by Crippen LogP contribution is -2.40. The molecule has 1 N–H and O–H groups in total. The Morgan fingerprint density at radius 2 is 1.95 bits per heavy atom. The van der Waals surface area contributed by atoms with E-state index in [9.17, 15) is 14.0 Å². The van der Waals surface area contributed by atoms with Gasteiger partial charge >= 0.3 is 5.97 Å². The summed E-state index contributed by atoms with van der Waals surface area (Å²) in [5.74, 6) is -1.70. The average molecular weight is 377 g/mol. The van der Waals surface area contributed by atoms with Crippen molar-refractivity contribution in [1.29, 1.82) is 0 Å². The van der Waals surface area contributed by atoms with Gasteiger partial charge in [0, 0.05) is 16.7 Å². The van der Waals surface area contributed by atoms with Crippen LogP contribution in [0.4, 0.5) is 4.39 Å². The van der Waals surface area contributed by atoms with Crippen molar-refractivity contribution in [1.82, 2.24) is 4.90 Å². The van der Waals surface area contributed by atoms with Gasteiger partial charge in [-0.1, -0.05) is 0 Å². The number of carboxylic acid groups (broad SMARTS) is 1. The maximum absolute atomic E-state index is 13.0. The van der Waals surface area contributed by atoms with Crippen LogP contribution in [0.25, 0.3) is 0 Å². The SMILES string of the molecule is O=C(O)C1CCN(C(=O)c2ccc(F)cc2I)CC1. The highest BCUT2D eigenvalue weighted by Gasteiger charge is 2.28. The third-order valence-corrected chi connectivity index (χ3v) is 4.19. The zero-order chi connectivity index (χ0) is 14.0. The Balaban J connectivity index is 2.07. The van der Waals surface area contributed by atoms with Gasteiger partial charge in [0.1, 0.15) is 5.82 Å². The molecule has 1 aliphatic rings. The molecule has 0 aliphatic carbocycles. The van der Waals surface area contributed by atoms with Gasteiger partial charge in [0.05, 0.1) is 11.5 Å². The Labute approximate surface area is 123 Å². The summed E-state index contributed by atoms with van der Waals surface area (Å²) in [5, 5.41) is 8.91. The molecule has 0 spiro atoms. The number of rotatable bonds is 2. The molecule has 2 rings (SSSR count). The van der Waals surface area contributed by atoms with Gasteiger partial charge in [-0.2, -0.15) is 0 Å². The number of nitrogens with zero attached hydrogens (tertiary/aromatic N) is 1. The third-order valence-electron chi connectivity index (χ3n) is 3.29. The van der Waals surface area contributed by atoms with Crippen molar-refractivity contribution in [3.63, 3.8) is 0 Å². The van der Waals surface area contributed by atoms with E-state index >= 15 is 0 Å². The first kappa shape index (κ1) is 14.2. The second-order valence-corrected chi connectivity index (χ2v) is 5.69. The summed E-state index contributed by atoms with van der Waals surface area (Å²) in [6.45, 7) is 0.868. The van der Waals surface area contributed by atoms with Crippen LogP contribution in [0.5, 0.6) is 0 Å². The van der Waals surface area contributed by atoms with Gasteiger partial charge in [0.25, 0.3) is 5.91 Å². The minimum Gasteiger partial charge on any atom is -0.481 e. The average Bonchev–Trinajstić information content (AvgIpc) is 2.38. The summed E-state index contributed by atoms with van der Waals surface area (Å²) in [6, 6.07) is 4.06. The molecular formula is C13H13FINO3. The predicted octanol–water partition coefficient (Wildman–Crippen LogP) is 2.37. The molecule has 0 atom stereocenters. The number of amides is 1. The van der Waals surface area contributed by atoms with Crippen LogP contribution in [0.2, 0.25) is 0 Å². The molecule has 1 aromatic carbocycles. The molecule has 0 unspecified atom stereocenters. The lowest BCUT2D eigenvalue weighted by Gasteiger charge is -2.30. The molecule has 1 saturated heterocycles. The van der Waals surface area contributed by atoms with E-state index in [1.165, 1.54) is 18.2 Å². The van der Waals surface area contributed by atoms with E-state index < -0.39 is 5.97 Å². The van der Waals surface area contributed by atoms with E-state index in [-0.39, 0.29) is 17.6 Å². The fraction of sp³-hybridized carbons (Fsp3) is 0.385. The lowest BCUT2D eigenvalue weighted by molar-refractivity contribution is -0.143. The van der Waals surface area contributed by atoms with Crippen molar-refractivity contribution in [3.05, 3.63) is 33.1 Å². The van der Waals surface area contributed by atoms with E-state index in [0.29, 0.717) is 35.1 Å². The highest BCUT2D eigenvalue weighted by molar-refractivity contribution is 14.1. The molecule has 0 saturated carbocycles. The summed E-state index contributed by atoms with van der Waals surface area (Å²) >= 11 is 1.93. The number of halogens is 2. The molecule has 0 aromatic heterocycles. The normalized spacial score (nSPS) is 16.4. The number of likely N-dealkylation sites (tertiary alicyclic amines) is 1. The van der Waals surface area contributed by atoms with E-state index in [1.54, 1.807) is 4.90 Å². The van der Waals surface area contributed by atoms with E-state index in [2.05, 4.69) is 0 Å². The quantitative estimate of drug-likeness (QED) is 0.806. The summed E-state index contributed by atoms with van der Waals surface area (Å²) in [4.78, 5) is 24.7.